The molecule has 9 heteroatoms. The fraction of sp³-hybridized carbons (Fsp3) is 0.355. The van der Waals surface area contributed by atoms with Gasteiger partial charge >= 0.3 is 5.97 Å². The molecule has 5 rings (SSSR count). The molecule has 1 aliphatic rings. The largest absolute Gasteiger partial charge is 0.494 e. The number of ether oxygens (including phenoxy) is 2. The third-order valence-electron chi connectivity index (χ3n) is 6.98. The summed E-state index contributed by atoms with van der Waals surface area (Å²) in [7, 11) is 0. The van der Waals surface area contributed by atoms with E-state index in [0.29, 0.717) is 30.3 Å². The van der Waals surface area contributed by atoms with Crippen molar-refractivity contribution in [2.24, 2.45) is 0 Å². The van der Waals surface area contributed by atoms with E-state index in [1.165, 1.54) is 11.3 Å². The van der Waals surface area contributed by atoms with Gasteiger partial charge in [0.25, 0.3) is 5.91 Å². The maximum atomic E-state index is 13.7. The topological polar surface area (TPSA) is 93.7 Å². The highest BCUT2D eigenvalue weighted by molar-refractivity contribution is 7.14. The summed E-state index contributed by atoms with van der Waals surface area (Å²) in [6.07, 6.45) is 1.19. The Bertz CT molecular complexity index is 1500. The summed E-state index contributed by atoms with van der Waals surface area (Å²) >= 11 is 1.33. The second-order valence-electron chi connectivity index (χ2n) is 9.74. The minimum atomic E-state index is -0.955. The standard InChI is InChI=1S/C31H34N4O4S/c1-4-16-35-17-15-25-23(18-35)28(22-9-7-8-10-24(22)32-25)30(37)39-27(5-2)29(36)34-31-33-26(19-40-31)20-11-13-21(14-12-20)38-6-3/h7-14,19,27H,4-6,15-18H2,1-3H3,(H,33,34,36). The van der Waals surface area contributed by atoms with Gasteiger partial charge in [-0.25, -0.2) is 9.78 Å². The number of hydrogen-bond donors (Lipinski definition) is 1. The van der Waals surface area contributed by atoms with Gasteiger partial charge in [-0.15, -0.1) is 11.3 Å². The van der Waals surface area contributed by atoms with E-state index < -0.39 is 18.0 Å². The Morgan fingerprint density at radius 3 is 2.62 bits per heavy atom. The van der Waals surface area contributed by atoms with Crippen LogP contribution in [0.2, 0.25) is 0 Å². The van der Waals surface area contributed by atoms with Gasteiger partial charge in [-0.05, 0) is 56.6 Å². The SMILES string of the molecule is CCCN1CCc2nc3ccccc3c(C(=O)OC(CC)C(=O)Nc3nc(-c4ccc(OCC)cc4)cs3)c2C1. The fourth-order valence-corrected chi connectivity index (χ4v) is 5.76. The number of anilines is 1. The molecule has 0 bridgehead atoms. The minimum absolute atomic E-state index is 0.335. The van der Waals surface area contributed by atoms with Crippen molar-refractivity contribution in [2.45, 2.75) is 52.7 Å². The van der Waals surface area contributed by atoms with Gasteiger partial charge < -0.3 is 9.47 Å². The van der Waals surface area contributed by atoms with Gasteiger partial charge in [-0.3, -0.25) is 20.0 Å². The number of hydrogen-bond acceptors (Lipinski definition) is 8. The summed E-state index contributed by atoms with van der Waals surface area (Å²) in [6.45, 7) is 9.03. The zero-order valence-corrected chi connectivity index (χ0v) is 23.9. The quantitative estimate of drug-likeness (QED) is 0.235. The molecule has 0 spiro atoms. The lowest BCUT2D eigenvalue weighted by Gasteiger charge is -2.29. The highest BCUT2D eigenvalue weighted by atomic mass is 32.1. The molecule has 1 aliphatic heterocycles. The average molecular weight is 559 g/mol. The molecule has 8 nitrogen and oxygen atoms in total. The van der Waals surface area contributed by atoms with Gasteiger partial charge in [0.2, 0.25) is 0 Å². The first kappa shape index (κ1) is 27.7. The van der Waals surface area contributed by atoms with E-state index in [0.717, 1.165) is 65.1 Å². The molecular formula is C31H34N4O4S. The van der Waals surface area contributed by atoms with Crippen molar-refractivity contribution in [1.29, 1.82) is 0 Å². The number of thiazole rings is 1. The maximum Gasteiger partial charge on any atom is 0.340 e. The van der Waals surface area contributed by atoms with Crippen LogP contribution in [0.3, 0.4) is 0 Å². The third kappa shape index (κ3) is 6.00. The summed E-state index contributed by atoms with van der Waals surface area (Å²) in [6, 6.07) is 15.3. The number of para-hydroxylation sites is 1. The lowest BCUT2D eigenvalue weighted by atomic mass is 9.95. The molecule has 2 aromatic heterocycles. The Hall–Kier alpha value is -3.82. The van der Waals surface area contributed by atoms with E-state index in [4.69, 9.17) is 14.5 Å². The number of aromatic nitrogens is 2. The summed E-state index contributed by atoms with van der Waals surface area (Å²) in [4.78, 5) is 38.7. The monoisotopic (exact) mass is 558 g/mol. The molecule has 0 aliphatic carbocycles. The lowest BCUT2D eigenvalue weighted by molar-refractivity contribution is -0.124. The van der Waals surface area contributed by atoms with Gasteiger partial charge in [-0.2, -0.15) is 0 Å². The van der Waals surface area contributed by atoms with E-state index in [1.807, 2.05) is 67.8 Å². The second kappa shape index (κ2) is 12.6. The molecule has 40 heavy (non-hydrogen) atoms. The summed E-state index contributed by atoms with van der Waals surface area (Å²) in [5.41, 5.74) is 4.78. The van der Waals surface area contributed by atoms with Crippen LogP contribution >= 0.6 is 11.3 Å². The van der Waals surface area contributed by atoms with Crippen molar-refractivity contribution in [3.05, 3.63) is 70.7 Å². The first-order valence-electron chi connectivity index (χ1n) is 13.8. The zero-order chi connectivity index (χ0) is 28.1. The molecule has 1 unspecified atom stereocenters. The van der Waals surface area contributed by atoms with Crippen LogP contribution in [0.15, 0.2) is 53.9 Å². The maximum absolute atomic E-state index is 13.7. The smallest absolute Gasteiger partial charge is 0.340 e. The molecule has 4 aromatic rings. The Morgan fingerprint density at radius 2 is 1.88 bits per heavy atom. The molecular weight excluding hydrogens is 524 g/mol. The van der Waals surface area contributed by atoms with Crippen molar-refractivity contribution in [2.75, 3.05) is 25.0 Å². The van der Waals surface area contributed by atoms with Crippen LogP contribution in [0.1, 0.15) is 55.2 Å². The van der Waals surface area contributed by atoms with Crippen LogP contribution in [-0.4, -0.2) is 52.5 Å². The average Bonchev–Trinajstić information content (AvgIpc) is 3.43. The summed E-state index contributed by atoms with van der Waals surface area (Å²) < 4.78 is 11.4. The predicted molar refractivity (Wildman–Crippen MR) is 158 cm³/mol. The van der Waals surface area contributed by atoms with Gasteiger partial charge in [0, 0.05) is 47.1 Å². The first-order valence-corrected chi connectivity index (χ1v) is 14.7. The molecule has 0 radical (unpaired) electrons. The molecule has 3 heterocycles. The number of nitrogens with zero attached hydrogens (tertiary/aromatic N) is 3. The molecule has 0 saturated carbocycles. The molecule has 0 saturated heterocycles. The molecule has 2 aromatic carbocycles. The Kier molecular flexibility index (Phi) is 8.72. The Labute approximate surface area is 238 Å². The van der Waals surface area contributed by atoms with E-state index in [-0.39, 0.29) is 0 Å². The van der Waals surface area contributed by atoms with Gasteiger partial charge in [0.05, 0.1) is 23.4 Å². The Balaban J connectivity index is 1.34. The highest BCUT2D eigenvalue weighted by Gasteiger charge is 2.29. The number of pyridine rings is 1. The van der Waals surface area contributed by atoms with Gasteiger partial charge in [0.15, 0.2) is 11.2 Å². The number of amides is 1. The number of esters is 1. The van der Waals surface area contributed by atoms with Crippen LogP contribution < -0.4 is 10.1 Å². The third-order valence-corrected chi connectivity index (χ3v) is 7.74. The van der Waals surface area contributed by atoms with E-state index in [2.05, 4.69) is 22.1 Å². The van der Waals surface area contributed by atoms with Crippen molar-refractivity contribution in [1.82, 2.24) is 14.9 Å². The normalized spacial score (nSPS) is 14.0. The minimum Gasteiger partial charge on any atom is -0.494 e. The van der Waals surface area contributed by atoms with Crippen LogP contribution in [0.25, 0.3) is 22.2 Å². The number of carbonyl (C=O) groups excluding carboxylic acids is 2. The number of fused-ring (bicyclic) bond motifs is 2. The van der Waals surface area contributed by atoms with Crippen molar-refractivity contribution < 1.29 is 19.1 Å². The van der Waals surface area contributed by atoms with Crippen LogP contribution in [-0.2, 0) is 22.5 Å². The molecule has 1 N–H and O–H groups in total. The van der Waals surface area contributed by atoms with Crippen LogP contribution in [0, 0.1) is 0 Å². The number of rotatable bonds is 10. The number of nitrogens with one attached hydrogen (secondary N) is 1. The second-order valence-corrected chi connectivity index (χ2v) is 10.6. The van der Waals surface area contributed by atoms with Crippen LogP contribution in [0.5, 0.6) is 5.75 Å². The van der Waals surface area contributed by atoms with Gasteiger partial charge in [0.1, 0.15) is 5.75 Å². The first-order chi connectivity index (χ1) is 19.5. The summed E-state index contributed by atoms with van der Waals surface area (Å²) in [5.74, 6) is -0.100. The van der Waals surface area contributed by atoms with E-state index in [1.54, 1.807) is 0 Å². The van der Waals surface area contributed by atoms with Crippen molar-refractivity contribution in [3.8, 4) is 17.0 Å². The van der Waals surface area contributed by atoms with Gasteiger partial charge in [-0.1, -0.05) is 32.0 Å². The number of carbonyl (C=O) groups is 2. The highest BCUT2D eigenvalue weighted by Crippen LogP contribution is 2.30. The number of benzene rings is 2. The predicted octanol–water partition coefficient (Wildman–Crippen LogP) is 6.10. The fourth-order valence-electron chi connectivity index (χ4n) is 5.03. The zero-order valence-electron chi connectivity index (χ0n) is 23.1. The lowest BCUT2D eigenvalue weighted by Crippen LogP contribution is -2.35. The molecule has 1 amide bonds. The molecule has 208 valence electrons. The summed E-state index contributed by atoms with van der Waals surface area (Å²) in [5, 5.41) is 5.92. The van der Waals surface area contributed by atoms with Crippen LogP contribution in [0.4, 0.5) is 5.13 Å². The molecule has 1 atom stereocenters. The van der Waals surface area contributed by atoms with E-state index in [9.17, 15) is 9.59 Å². The van der Waals surface area contributed by atoms with E-state index >= 15 is 0 Å². The molecule has 0 fully saturated rings. The van der Waals surface area contributed by atoms with Crippen molar-refractivity contribution in [3.63, 3.8) is 0 Å². The van der Waals surface area contributed by atoms with Crippen molar-refractivity contribution >= 4 is 39.2 Å². The Morgan fingerprint density at radius 1 is 1.07 bits per heavy atom.